The van der Waals surface area contributed by atoms with Crippen molar-refractivity contribution in [3.05, 3.63) is 0 Å². The van der Waals surface area contributed by atoms with Gasteiger partial charge >= 0.3 is 0 Å². The van der Waals surface area contributed by atoms with Gasteiger partial charge in [-0.05, 0) is 6.92 Å². The van der Waals surface area contributed by atoms with Crippen LogP contribution in [0.5, 0.6) is 0 Å². The first-order chi connectivity index (χ1) is 4.56. The lowest BCUT2D eigenvalue weighted by molar-refractivity contribution is 0.484. The number of rotatable bonds is 1. The first kappa shape index (κ1) is 13.9. The molecule has 0 heterocycles. The summed E-state index contributed by atoms with van der Waals surface area (Å²) in [5.74, 6) is -0.201. The van der Waals surface area contributed by atoms with Gasteiger partial charge in [-0.1, -0.05) is 25.7 Å². The summed E-state index contributed by atoms with van der Waals surface area (Å²) in [7, 11) is -3.66. The van der Waals surface area contributed by atoms with Crippen molar-refractivity contribution in [3.8, 4) is 0 Å². The number of hydrogen-bond donors (Lipinski definition) is 1. The van der Waals surface area contributed by atoms with Crippen LogP contribution in [0.2, 0.25) is 0 Å². The van der Waals surface area contributed by atoms with E-state index in [1.807, 2.05) is 0 Å². The van der Waals surface area contributed by atoms with E-state index >= 15 is 0 Å². The monoisotopic (exact) mass is 200 g/mol. The highest BCUT2D eigenvalue weighted by atomic mass is 32.2. The van der Waals surface area contributed by atoms with Gasteiger partial charge in [0.15, 0.2) is 0 Å². The molecule has 1 N–H and O–H groups in total. The second-order valence-corrected chi connectivity index (χ2v) is 4.03. The van der Waals surface area contributed by atoms with E-state index in [1.54, 1.807) is 0 Å². The maximum Gasteiger partial charge on any atom is 0.264 e. The van der Waals surface area contributed by atoms with E-state index in [1.165, 1.54) is 32.6 Å². The third kappa shape index (κ3) is 13.3. The highest BCUT2D eigenvalue weighted by molar-refractivity contribution is 7.85. The van der Waals surface area contributed by atoms with Crippen molar-refractivity contribution in [1.82, 2.24) is 0 Å². The third-order valence-electron chi connectivity index (χ3n) is 1.36. The molecule has 0 bridgehead atoms. The smallest absolute Gasteiger partial charge is 0.264 e. The summed E-state index contributed by atoms with van der Waals surface area (Å²) in [5, 5.41) is 0. The minimum Gasteiger partial charge on any atom is -0.286 e. The minimum absolute atomic E-state index is 0. The summed E-state index contributed by atoms with van der Waals surface area (Å²) in [6.45, 7) is 1.37. The van der Waals surface area contributed by atoms with Gasteiger partial charge in [0.05, 0.1) is 5.75 Å². The molecule has 0 aliphatic heterocycles. The molecule has 5 heteroatoms. The zero-order chi connectivity index (χ0) is 8.04. The largest absolute Gasteiger partial charge is 0.286 e. The maximum atomic E-state index is 9.56. The van der Waals surface area contributed by atoms with Crippen LogP contribution in [0.3, 0.4) is 0 Å². The summed E-state index contributed by atoms with van der Waals surface area (Å²) in [6, 6.07) is 0. The van der Waals surface area contributed by atoms with E-state index in [-0.39, 0.29) is 15.7 Å². The molecule has 11 heavy (non-hydrogen) atoms. The van der Waals surface area contributed by atoms with Crippen LogP contribution in [-0.2, 0) is 10.1 Å². The molecular formula is C6H17O3PS. The van der Waals surface area contributed by atoms with Crippen molar-refractivity contribution >= 4 is 20.0 Å². The van der Waals surface area contributed by atoms with Crippen LogP contribution in [0, 0.1) is 0 Å². The molecule has 0 aromatic heterocycles. The minimum atomic E-state index is -3.66. The molecule has 1 aliphatic rings. The molecule has 1 fully saturated rings. The molecule has 1 saturated carbocycles. The van der Waals surface area contributed by atoms with E-state index in [4.69, 9.17) is 4.55 Å². The van der Waals surface area contributed by atoms with Gasteiger partial charge in [-0.3, -0.25) is 4.55 Å². The first-order valence-electron chi connectivity index (χ1n) is 3.51. The Balaban J connectivity index is 0. The first-order valence-corrected chi connectivity index (χ1v) is 5.12. The normalized spacial score (nSPS) is 15.1. The van der Waals surface area contributed by atoms with E-state index in [0.717, 1.165) is 0 Å². The van der Waals surface area contributed by atoms with Crippen LogP contribution < -0.4 is 0 Å². The lowest BCUT2D eigenvalue weighted by Gasteiger charge is -2.05. The highest BCUT2D eigenvalue weighted by Gasteiger charge is 1.95. The van der Waals surface area contributed by atoms with E-state index < -0.39 is 10.1 Å². The Hall–Kier alpha value is 0.340. The van der Waals surface area contributed by atoms with Gasteiger partial charge in [-0.25, -0.2) is 0 Å². The molecule has 1 rings (SSSR count). The Bertz CT molecular complexity index is 157. The molecule has 1 atom stereocenters. The predicted octanol–water partition coefficient (Wildman–Crippen LogP) is 1.51. The Morgan fingerprint density at radius 2 is 1.36 bits per heavy atom. The van der Waals surface area contributed by atoms with Gasteiger partial charge in [0, 0.05) is 0 Å². The lowest BCUT2D eigenvalue weighted by atomic mass is 10.0. The maximum absolute atomic E-state index is 9.56. The van der Waals surface area contributed by atoms with Crippen molar-refractivity contribution in [2.45, 2.75) is 32.6 Å². The van der Waals surface area contributed by atoms with Crippen molar-refractivity contribution < 1.29 is 13.0 Å². The van der Waals surface area contributed by atoms with Gasteiger partial charge < -0.3 is 0 Å². The molecule has 0 spiro atoms. The zero-order valence-corrected chi connectivity index (χ0v) is 9.15. The molecule has 70 valence electrons. The molecule has 0 aromatic rings. The zero-order valence-electron chi connectivity index (χ0n) is 6.91. The molecule has 0 saturated heterocycles. The fraction of sp³-hybridized carbons (Fsp3) is 1.00. The SMILES string of the molecule is C1CCC1.CCS(=O)(=O)O.P. The van der Waals surface area contributed by atoms with Crippen molar-refractivity contribution in [3.63, 3.8) is 0 Å². The predicted molar refractivity (Wildman–Crippen MR) is 51.7 cm³/mol. The number of hydrogen-bond acceptors (Lipinski definition) is 2. The van der Waals surface area contributed by atoms with Gasteiger partial charge in [0.25, 0.3) is 10.1 Å². The van der Waals surface area contributed by atoms with E-state index in [0.29, 0.717) is 0 Å². The fourth-order valence-electron chi connectivity index (χ4n) is 0.250. The Kier molecular flexibility index (Phi) is 8.86. The van der Waals surface area contributed by atoms with Crippen LogP contribution in [0.25, 0.3) is 0 Å². The molecule has 0 aromatic carbocycles. The topological polar surface area (TPSA) is 54.4 Å². The summed E-state index contributed by atoms with van der Waals surface area (Å²) in [4.78, 5) is 0. The van der Waals surface area contributed by atoms with Crippen LogP contribution in [-0.4, -0.2) is 18.7 Å². The molecule has 1 aliphatic carbocycles. The summed E-state index contributed by atoms with van der Waals surface area (Å²) in [6.07, 6.45) is 6.00. The van der Waals surface area contributed by atoms with Crippen LogP contribution in [0.15, 0.2) is 0 Å². The Morgan fingerprint density at radius 1 is 1.18 bits per heavy atom. The Morgan fingerprint density at radius 3 is 1.36 bits per heavy atom. The summed E-state index contributed by atoms with van der Waals surface area (Å²) in [5.41, 5.74) is 0. The second-order valence-electron chi connectivity index (χ2n) is 2.28. The molecule has 0 amide bonds. The van der Waals surface area contributed by atoms with Crippen molar-refractivity contribution in [1.29, 1.82) is 0 Å². The second kappa shape index (κ2) is 7.01. The van der Waals surface area contributed by atoms with Crippen molar-refractivity contribution in [2.75, 3.05) is 5.75 Å². The van der Waals surface area contributed by atoms with Crippen LogP contribution in [0.4, 0.5) is 0 Å². The van der Waals surface area contributed by atoms with Gasteiger partial charge in [-0.2, -0.15) is 18.3 Å². The third-order valence-corrected chi connectivity index (χ3v) is 2.09. The average Bonchev–Trinajstić information content (AvgIpc) is 1.59. The highest BCUT2D eigenvalue weighted by Crippen LogP contribution is 2.15. The molecule has 0 radical (unpaired) electrons. The van der Waals surface area contributed by atoms with E-state index in [2.05, 4.69) is 0 Å². The average molecular weight is 200 g/mol. The fourth-order valence-corrected chi connectivity index (χ4v) is 0.250. The lowest BCUT2D eigenvalue weighted by Crippen LogP contribution is -1.97. The van der Waals surface area contributed by atoms with Gasteiger partial charge in [-0.15, -0.1) is 0 Å². The molecule has 1 unspecified atom stereocenters. The van der Waals surface area contributed by atoms with E-state index in [9.17, 15) is 8.42 Å². The van der Waals surface area contributed by atoms with Gasteiger partial charge in [0.2, 0.25) is 0 Å². The van der Waals surface area contributed by atoms with Crippen LogP contribution in [0.1, 0.15) is 32.6 Å². The molecular weight excluding hydrogens is 183 g/mol. The summed E-state index contributed by atoms with van der Waals surface area (Å²) >= 11 is 0. The standard InChI is InChI=1S/C4H8.C2H6O3S.H3P/c1-2-4-3-1;1-2-6(3,4)5;/h1-4H2;2H2,1H3,(H,3,4,5);1H3. The van der Waals surface area contributed by atoms with Crippen LogP contribution >= 0.6 is 9.90 Å². The van der Waals surface area contributed by atoms with Crippen molar-refractivity contribution in [2.24, 2.45) is 0 Å². The molecule has 3 nitrogen and oxygen atoms in total. The quantitative estimate of drug-likeness (QED) is 0.515. The summed E-state index contributed by atoms with van der Waals surface area (Å²) < 4.78 is 26.9. The van der Waals surface area contributed by atoms with Gasteiger partial charge in [0.1, 0.15) is 0 Å². The Labute approximate surface area is 71.9 Å².